The summed E-state index contributed by atoms with van der Waals surface area (Å²) in [5.41, 5.74) is 0.353. The molecule has 1 aliphatic carbocycles. The molecule has 5 heteroatoms. The van der Waals surface area contributed by atoms with Crippen LogP contribution in [-0.2, 0) is 0 Å². The van der Waals surface area contributed by atoms with Crippen molar-refractivity contribution in [3.05, 3.63) is 20.3 Å². The minimum Gasteiger partial charge on any atom is -0.388 e. The van der Waals surface area contributed by atoms with Gasteiger partial charge in [0.15, 0.2) is 0 Å². The van der Waals surface area contributed by atoms with Gasteiger partial charge in [0.25, 0.3) is 5.91 Å². The third kappa shape index (κ3) is 3.80. The van der Waals surface area contributed by atoms with Crippen molar-refractivity contribution in [2.75, 3.05) is 6.54 Å². The first kappa shape index (κ1) is 15.0. The second kappa shape index (κ2) is 5.94. The van der Waals surface area contributed by atoms with Crippen LogP contribution in [0.2, 0.25) is 0 Å². The van der Waals surface area contributed by atoms with Crippen LogP contribution in [-0.4, -0.2) is 23.2 Å². The van der Waals surface area contributed by atoms with Crippen molar-refractivity contribution >= 4 is 33.2 Å². The summed E-state index contributed by atoms with van der Waals surface area (Å²) < 4.78 is 0.989. The topological polar surface area (TPSA) is 49.3 Å². The number of carbonyl (C=O) groups is 1. The molecule has 1 saturated carbocycles. The third-order valence-electron chi connectivity index (χ3n) is 3.86. The molecule has 1 aliphatic rings. The van der Waals surface area contributed by atoms with E-state index in [2.05, 4.69) is 28.2 Å². The lowest BCUT2D eigenvalue weighted by atomic mass is 9.79. The summed E-state index contributed by atoms with van der Waals surface area (Å²) in [6, 6.07) is 1.87. The predicted octanol–water partition coefficient (Wildman–Crippen LogP) is 3.49. The van der Waals surface area contributed by atoms with E-state index < -0.39 is 5.60 Å². The van der Waals surface area contributed by atoms with E-state index in [-0.39, 0.29) is 5.91 Å². The smallest absolute Gasteiger partial charge is 0.261 e. The van der Waals surface area contributed by atoms with Crippen LogP contribution in [0.4, 0.5) is 0 Å². The van der Waals surface area contributed by atoms with Crippen LogP contribution >= 0.6 is 27.3 Å². The van der Waals surface area contributed by atoms with Crippen molar-refractivity contribution < 1.29 is 9.90 Å². The number of hydrogen-bond acceptors (Lipinski definition) is 3. The van der Waals surface area contributed by atoms with Gasteiger partial charge in [-0.05, 0) is 66.1 Å². The lowest BCUT2D eigenvalue weighted by molar-refractivity contribution is -0.00536. The van der Waals surface area contributed by atoms with E-state index in [1.54, 1.807) is 0 Å². The van der Waals surface area contributed by atoms with Gasteiger partial charge >= 0.3 is 0 Å². The molecule has 0 spiro atoms. The Kier molecular flexibility index (Phi) is 4.69. The number of aliphatic hydroxyl groups is 1. The molecule has 1 aromatic heterocycles. The number of thiophene rings is 1. The van der Waals surface area contributed by atoms with Crippen molar-refractivity contribution in [2.45, 2.75) is 45.1 Å². The molecule has 0 aromatic carbocycles. The highest BCUT2D eigenvalue weighted by atomic mass is 79.9. The van der Waals surface area contributed by atoms with Gasteiger partial charge in [-0.25, -0.2) is 0 Å². The van der Waals surface area contributed by atoms with E-state index in [0.29, 0.717) is 17.3 Å². The SMILES string of the molecule is Cc1cc(C(=O)NCC2(O)CCC(C)CC2)sc1Br. The average Bonchev–Trinajstić information content (AvgIpc) is 2.71. The molecule has 1 heterocycles. The Bertz CT molecular complexity index is 445. The Morgan fingerprint density at radius 2 is 2.21 bits per heavy atom. The van der Waals surface area contributed by atoms with Gasteiger partial charge in [-0.3, -0.25) is 4.79 Å². The van der Waals surface area contributed by atoms with Crippen LogP contribution in [0.15, 0.2) is 9.85 Å². The normalized spacial score (nSPS) is 27.3. The summed E-state index contributed by atoms with van der Waals surface area (Å²) in [6.45, 7) is 4.53. The maximum absolute atomic E-state index is 12.0. The van der Waals surface area contributed by atoms with Gasteiger partial charge in [0.05, 0.1) is 14.3 Å². The Morgan fingerprint density at radius 1 is 1.58 bits per heavy atom. The van der Waals surface area contributed by atoms with Gasteiger partial charge in [-0.2, -0.15) is 0 Å². The lowest BCUT2D eigenvalue weighted by Crippen LogP contribution is -2.45. The summed E-state index contributed by atoms with van der Waals surface area (Å²) in [6.07, 6.45) is 3.63. The molecule has 2 rings (SSSR count). The van der Waals surface area contributed by atoms with Crippen molar-refractivity contribution in [1.82, 2.24) is 5.32 Å². The molecule has 1 aromatic rings. The number of aryl methyl sites for hydroxylation is 1. The van der Waals surface area contributed by atoms with Gasteiger partial charge in [-0.1, -0.05) is 6.92 Å². The van der Waals surface area contributed by atoms with Crippen molar-refractivity contribution in [2.24, 2.45) is 5.92 Å². The maximum Gasteiger partial charge on any atom is 0.261 e. The van der Waals surface area contributed by atoms with E-state index in [1.807, 2.05) is 13.0 Å². The Hall–Kier alpha value is -0.390. The van der Waals surface area contributed by atoms with Crippen LogP contribution in [0, 0.1) is 12.8 Å². The number of nitrogens with one attached hydrogen (secondary N) is 1. The maximum atomic E-state index is 12.0. The highest BCUT2D eigenvalue weighted by Crippen LogP contribution is 2.31. The third-order valence-corrected chi connectivity index (χ3v) is 6.00. The number of halogens is 1. The van der Waals surface area contributed by atoms with Crippen LogP contribution in [0.3, 0.4) is 0 Å². The standard InChI is InChI=1S/C14H20BrNO2S/c1-9-3-5-14(18,6-4-9)8-16-13(17)11-7-10(2)12(15)19-11/h7,9,18H,3-6,8H2,1-2H3,(H,16,17). The molecule has 2 N–H and O–H groups in total. The van der Waals surface area contributed by atoms with Gasteiger partial charge in [-0.15, -0.1) is 11.3 Å². The summed E-state index contributed by atoms with van der Waals surface area (Å²) in [4.78, 5) is 12.7. The Morgan fingerprint density at radius 3 is 2.74 bits per heavy atom. The molecule has 1 amide bonds. The van der Waals surface area contributed by atoms with Crippen LogP contribution in [0.5, 0.6) is 0 Å². The molecule has 0 bridgehead atoms. The minimum atomic E-state index is -0.717. The zero-order valence-corrected chi connectivity index (χ0v) is 13.7. The lowest BCUT2D eigenvalue weighted by Gasteiger charge is -2.34. The largest absolute Gasteiger partial charge is 0.388 e. The second-order valence-corrected chi connectivity index (χ2v) is 8.03. The van der Waals surface area contributed by atoms with Crippen LogP contribution in [0.25, 0.3) is 0 Å². The molecular formula is C14H20BrNO2S. The molecule has 0 unspecified atom stereocenters. The molecule has 106 valence electrons. The van der Waals surface area contributed by atoms with Crippen molar-refractivity contribution in [3.8, 4) is 0 Å². The second-order valence-electron chi connectivity index (χ2n) is 5.66. The van der Waals surface area contributed by atoms with Gasteiger partial charge in [0.1, 0.15) is 0 Å². The number of carbonyl (C=O) groups excluding carboxylic acids is 1. The highest BCUT2D eigenvalue weighted by molar-refractivity contribution is 9.11. The molecule has 1 fully saturated rings. The van der Waals surface area contributed by atoms with E-state index in [1.165, 1.54) is 11.3 Å². The summed E-state index contributed by atoms with van der Waals surface area (Å²) in [5.74, 6) is 0.595. The van der Waals surface area contributed by atoms with E-state index in [0.717, 1.165) is 35.0 Å². The molecule has 3 nitrogen and oxygen atoms in total. The fraction of sp³-hybridized carbons (Fsp3) is 0.643. The first-order chi connectivity index (χ1) is 8.89. The first-order valence-electron chi connectivity index (χ1n) is 6.66. The molecule has 0 radical (unpaired) electrons. The fourth-order valence-electron chi connectivity index (χ4n) is 2.38. The molecule has 0 atom stereocenters. The van der Waals surface area contributed by atoms with Crippen molar-refractivity contribution in [1.29, 1.82) is 0 Å². The molecular weight excluding hydrogens is 326 g/mol. The summed E-state index contributed by atoms with van der Waals surface area (Å²) in [7, 11) is 0. The Labute approximate surface area is 126 Å². The van der Waals surface area contributed by atoms with E-state index >= 15 is 0 Å². The zero-order chi connectivity index (χ0) is 14.0. The average molecular weight is 346 g/mol. The van der Waals surface area contributed by atoms with Gasteiger partial charge < -0.3 is 10.4 Å². The first-order valence-corrected chi connectivity index (χ1v) is 8.27. The molecule has 0 aliphatic heterocycles. The van der Waals surface area contributed by atoms with Gasteiger partial charge in [0, 0.05) is 6.54 Å². The zero-order valence-electron chi connectivity index (χ0n) is 11.3. The highest BCUT2D eigenvalue weighted by Gasteiger charge is 2.32. The quantitative estimate of drug-likeness (QED) is 0.880. The predicted molar refractivity (Wildman–Crippen MR) is 81.7 cm³/mol. The molecule has 19 heavy (non-hydrogen) atoms. The summed E-state index contributed by atoms with van der Waals surface area (Å²) in [5, 5.41) is 13.3. The fourth-order valence-corrected chi connectivity index (χ4v) is 3.83. The monoisotopic (exact) mass is 345 g/mol. The van der Waals surface area contributed by atoms with Crippen LogP contribution in [0.1, 0.15) is 47.8 Å². The van der Waals surface area contributed by atoms with E-state index in [4.69, 9.17) is 0 Å². The summed E-state index contributed by atoms with van der Waals surface area (Å²) >= 11 is 4.85. The molecule has 0 saturated heterocycles. The Balaban J connectivity index is 1.90. The number of amides is 1. The van der Waals surface area contributed by atoms with E-state index in [9.17, 15) is 9.90 Å². The van der Waals surface area contributed by atoms with Gasteiger partial charge in [0.2, 0.25) is 0 Å². The van der Waals surface area contributed by atoms with Crippen LogP contribution < -0.4 is 5.32 Å². The van der Waals surface area contributed by atoms with Crippen molar-refractivity contribution in [3.63, 3.8) is 0 Å². The number of rotatable bonds is 3. The minimum absolute atomic E-state index is 0.0918. The number of hydrogen-bond donors (Lipinski definition) is 2.